The SMILES string of the molecule is NC(=O)c1nc(F)cn([C@@H]2O[C@H](COP(=O)([O-])O)[C@@H](O)[C@H]2O)c1=O.[NH4+]. The Morgan fingerprint density at radius 3 is 2.64 bits per heavy atom. The van der Waals surface area contributed by atoms with E-state index < -0.39 is 62.1 Å². The minimum atomic E-state index is -5.12. The fourth-order valence-corrected chi connectivity index (χ4v) is 2.43. The zero-order valence-corrected chi connectivity index (χ0v) is 13.6. The van der Waals surface area contributed by atoms with Gasteiger partial charge in [-0.15, -0.1) is 0 Å². The van der Waals surface area contributed by atoms with Crippen LogP contribution in [0.2, 0.25) is 0 Å². The van der Waals surface area contributed by atoms with Crippen molar-refractivity contribution in [2.24, 2.45) is 5.73 Å². The summed E-state index contributed by atoms with van der Waals surface area (Å²) in [4.78, 5) is 45.2. The number of aromatic nitrogens is 2. The van der Waals surface area contributed by atoms with E-state index in [0.717, 1.165) is 0 Å². The van der Waals surface area contributed by atoms with Gasteiger partial charge < -0.3 is 41.1 Å². The molecule has 1 amide bonds. The average molecular weight is 386 g/mol. The predicted molar refractivity (Wildman–Crippen MR) is 74.7 cm³/mol. The summed E-state index contributed by atoms with van der Waals surface area (Å²) < 4.78 is 33.5. The van der Waals surface area contributed by atoms with E-state index in [0.29, 0.717) is 10.8 Å². The molecule has 0 radical (unpaired) electrons. The van der Waals surface area contributed by atoms with E-state index in [1.54, 1.807) is 0 Å². The summed E-state index contributed by atoms with van der Waals surface area (Å²) in [5.74, 6) is -2.61. The lowest BCUT2D eigenvalue weighted by molar-refractivity contribution is -0.222. The van der Waals surface area contributed by atoms with Gasteiger partial charge in [0.1, 0.15) is 18.3 Å². The summed E-state index contributed by atoms with van der Waals surface area (Å²) in [6.45, 7) is -0.878. The summed E-state index contributed by atoms with van der Waals surface area (Å²) in [7, 11) is -5.12. The van der Waals surface area contributed by atoms with Gasteiger partial charge in [0, 0.05) is 0 Å². The molecular weight excluding hydrogens is 370 g/mol. The second-order valence-electron chi connectivity index (χ2n) is 4.80. The number of carbonyl (C=O) groups excluding carboxylic acids is 1. The van der Waals surface area contributed by atoms with Crippen LogP contribution in [-0.2, 0) is 13.8 Å². The lowest BCUT2D eigenvalue weighted by Crippen LogP contribution is -2.38. The molecule has 25 heavy (non-hydrogen) atoms. The number of aliphatic hydroxyl groups is 2. The Morgan fingerprint density at radius 1 is 1.52 bits per heavy atom. The summed E-state index contributed by atoms with van der Waals surface area (Å²) >= 11 is 0. The van der Waals surface area contributed by atoms with Gasteiger partial charge in [-0.25, -0.2) is 4.98 Å². The van der Waals surface area contributed by atoms with Gasteiger partial charge in [0.2, 0.25) is 5.95 Å². The molecule has 142 valence electrons. The van der Waals surface area contributed by atoms with Crippen molar-refractivity contribution in [3.63, 3.8) is 0 Å². The normalized spacial score (nSPS) is 28.2. The first kappa shape index (κ1) is 21.3. The molecule has 1 aliphatic heterocycles. The Balaban J connectivity index is 0.00000312. The Hall–Kier alpha value is -1.77. The van der Waals surface area contributed by atoms with Gasteiger partial charge in [0.25, 0.3) is 19.3 Å². The van der Waals surface area contributed by atoms with Crippen LogP contribution in [0.5, 0.6) is 0 Å². The number of hydrogen-bond donors (Lipinski definition) is 5. The molecule has 5 atom stereocenters. The molecular formula is C10H16FN4O9P. The van der Waals surface area contributed by atoms with Gasteiger partial charge in [-0.2, -0.15) is 4.39 Å². The molecule has 1 aromatic rings. The van der Waals surface area contributed by atoms with Crippen LogP contribution >= 0.6 is 7.82 Å². The number of hydrogen-bond acceptors (Lipinski definition) is 9. The van der Waals surface area contributed by atoms with Crippen molar-refractivity contribution in [2.45, 2.75) is 24.5 Å². The molecule has 1 unspecified atom stereocenters. The topological polar surface area (TPSA) is 234 Å². The van der Waals surface area contributed by atoms with Crippen molar-refractivity contribution in [1.82, 2.24) is 15.7 Å². The maximum atomic E-state index is 13.4. The number of amides is 1. The molecule has 0 aromatic carbocycles. The number of primary amides is 1. The van der Waals surface area contributed by atoms with Gasteiger partial charge in [-0.3, -0.25) is 18.7 Å². The maximum absolute atomic E-state index is 13.4. The first-order chi connectivity index (χ1) is 11.0. The van der Waals surface area contributed by atoms with E-state index in [1.165, 1.54) is 0 Å². The van der Waals surface area contributed by atoms with E-state index in [4.69, 9.17) is 15.4 Å². The number of ether oxygens (including phenoxy) is 1. The van der Waals surface area contributed by atoms with Crippen LogP contribution in [0.3, 0.4) is 0 Å². The predicted octanol–water partition coefficient (Wildman–Crippen LogP) is -3.05. The Kier molecular flexibility index (Phi) is 6.50. The molecule has 0 saturated carbocycles. The third-order valence-electron chi connectivity index (χ3n) is 3.15. The number of rotatable bonds is 5. The number of nitrogens with two attached hydrogens (primary N) is 1. The van der Waals surface area contributed by atoms with E-state index >= 15 is 0 Å². The van der Waals surface area contributed by atoms with E-state index in [-0.39, 0.29) is 6.15 Å². The van der Waals surface area contributed by atoms with Crippen molar-refractivity contribution < 1.29 is 43.0 Å². The zero-order chi connectivity index (χ0) is 18.2. The Bertz CT molecular complexity index is 752. The zero-order valence-electron chi connectivity index (χ0n) is 12.7. The smallest absolute Gasteiger partial charge is 0.284 e. The molecule has 9 N–H and O–H groups in total. The molecule has 0 bridgehead atoms. The minimum absolute atomic E-state index is 0. The quantitative estimate of drug-likeness (QED) is 0.321. The lowest BCUT2D eigenvalue weighted by atomic mass is 10.1. The van der Waals surface area contributed by atoms with Crippen LogP contribution in [0.4, 0.5) is 4.39 Å². The monoisotopic (exact) mass is 386 g/mol. The van der Waals surface area contributed by atoms with Crippen LogP contribution in [0.1, 0.15) is 16.7 Å². The number of phosphoric ester groups is 1. The third kappa shape index (κ3) is 4.65. The second-order valence-corrected chi connectivity index (χ2v) is 5.99. The summed E-state index contributed by atoms with van der Waals surface area (Å²) in [5.41, 5.74) is 2.73. The van der Waals surface area contributed by atoms with Crippen LogP contribution in [0.15, 0.2) is 11.0 Å². The van der Waals surface area contributed by atoms with Crippen molar-refractivity contribution in [3.05, 3.63) is 28.2 Å². The van der Waals surface area contributed by atoms with Gasteiger partial charge in [-0.1, -0.05) is 0 Å². The highest BCUT2D eigenvalue weighted by Gasteiger charge is 2.45. The molecule has 1 saturated heterocycles. The van der Waals surface area contributed by atoms with E-state index in [9.17, 15) is 33.7 Å². The van der Waals surface area contributed by atoms with Crippen LogP contribution in [-0.4, -0.2) is 55.5 Å². The summed E-state index contributed by atoms with van der Waals surface area (Å²) in [5, 5.41) is 19.7. The molecule has 1 aromatic heterocycles. The summed E-state index contributed by atoms with van der Waals surface area (Å²) in [6.07, 6.45) is -6.19. The first-order valence-corrected chi connectivity index (χ1v) is 7.79. The minimum Gasteiger partial charge on any atom is -0.756 e. The highest BCUT2D eigenvalue weighted by molar-refractivity contribution is 7.44. The molecule has 2 heterocycles. The third-order valence-corrected chi connectivity index (χ3v) is 3.62. The standard InChI is InChI=1S/C10H13FN3O9P.H3N/c11-4-1-14(9(18)5(13-4)8(12)17)10-7(16)6(15)3(23-10)2-22-24(19,20)21;/h1,3,6-7,10,15-16H,2H2,(H2,12,17)(H2,19,20,21);1H3/t3-,6-,7-,10-;/m1./s1. The molecule has 1 fully saturated rings. The fourth-order valence-electron chi connectivity index (χ4n) is 2.09. The van der Waals surface area contributed by atoms with Gasteiger partial charge >= 0.3 is 0 Å². The van der Waals surface area contributed by atoms with Crippen LogP contribution < -0.4 is 22.3 Å². The van der Waals surface area contributed by atoms with E-state index in [1.807, 2.05) is 0 Å². The summed E-state index contributed by atoms with van der Waals surface area (Å²) in [6, 6.07) is 0. The molecule has 2 rings (SSSR count). The Labute approximate surface area is 138 Å². The maximum Gasteiger partial charge on any atom is 0.284 e. The van der Waals surface area contributed by atoms with Gasteiger partial charge in [0.05, 0.1) is 12.8 Å². The van der Waals surface area contributed by atoms with Gasteiger partial charge in [0.15, 0.2) is 11.9 Å². The number of aliphatic hydroxyl groups excluding tert-OH is 2. The molecule has 1 aliphatic rings. The highest BCUT2D eigenvalue weighted by Crippen LogP contribution is 2.34. The largest absolute Gasteiger partial charge is 0.756 e. The van der Waals surface area contributed by atoms with Crippen molar-refractivity contribution in [2.75, 3.05) is 6.61 Å². The average Bonchev–Trinajstić information content (AvgIpc) is 2.74. The lowest BCUT2D eigenvalue weighted by Gasteiger charge is -2.20. The van der Waals surface area contributed by atoms with Crippen LogP contribution in [0.25, 0.3) is 0 Å². The number of halogens is 1. The van der Waals surface area contributed by atoms with Crippen molar-refractivity contribution in [1.29, 1.82) is 0 Å². The Morgan fingerprint density at radius 2 is 2.12 bits per heavy atom. The second kappa shape index (κ2) is 7.63. The first-order valence-electron chi connectivity index (χ1n) is 6.29. The molecule has 13 nitrogen and oxygen atoms in total. The molecule has 0 aliphatic carbocycles. The van der Waals surface area contributed by atoms with E-state index in [2.05, 4.69) is 9.51 Å². The number of carbonyl (C=O) groups is 1. The van der Waals surface area contributed by atoms with Gasteiger partial charge in [-0.05, 0) is 0 Å². The van der Waals surface area contributed by atoms with Crippen molar-refractivity contribution in [3.8, 4) is 0 Å². The molecule has 15 heteroatoms. The number of quaternary nitrogens is 1. The van der Waals surface area contributed by atoms with Crippen LogP contribution in [0, 0.1) is 5.95 Å². The number of nitrogens with zero attached hydrogens (tertiary/aromatic N) is 2. The number of phosphoric acid groups is 1. The van der Waals surface area contributed by atoms with Crippen molar-refractivity contribution >= 4 is 13.7 Å². The fraction of sp³-hybridized carbons (Fsp3) is 0.500. The highest BCUT2D eigenvalue weighted by atomic mass is 31.2. The molecule has 0 spiro atoms.